The van der Waals surface area contributed by atoms with Crippen LogP contribution in [0.15, 0.2) is 82.7 Å². The average Bonchev–Trinajstić information content (AvgIpc) is 3.50. The van der Waals surface area contributed by atoms with Crippen LogP contribution in [0.1, 0.15) is 48.0 Å². The normalized spacial score (nSPS) is 15.5. The van der Waals surface area contributed by atoms with E-state index in [9.17, 15) is 14.7 Å². The van der Waals surface area contributed by atoms with Crippen LogP contribution in [-0.4, -0.2) is 41.5 Å². The molecule has 1 aliphatic rings. The van der Waals surface area contributed by atoms with Gasteiger partial charge in [-0.15, -0.1) is 0 Å². The van der Waals surface area contributed by atoms with Crippen molar-refractivity contribution in [2.45, 2.75) is 32.7 Å². The maximum atomic E-state index is 13.3. The number of ether oxygens (including phenoxy) is 2. The number of aliphatic hydroxyl groups is 1. The topological polar surface area (TPSA) is 89.2 Å². The van der Waals surface area contributed by atoms with Gasteiger partial charge in [-0.05, 0) is 55.2 Å². The van der Waals surface area contributed by atoms with Crippen molar-refractivity contribution >= 4 is 11.7 Å². The molecule has 3 aromatic rings. The molecule has 1 amide bonds. The van der Waals surface area contributed by atoms with Crippen LogP contribution in [0.3, 0.4) is 0 Å². The number of furan rings is 1. The molecule has 35 heavy (non-hydrogen) atoms. The Kier molecular flexibility index (Phi) is 7.55. The quantitative estimate of drug-likeness (QED) is 0.379. The van der Waals surface area contributed by atoms with Crippen molar-refractivity contribution in [2.24, 2.45) is 0 Å². The lowest BCUT2D eigenvalue weighted by Crippen LogP contribution is -2.33. The molecule has 0 fully saturated rings. The van der Waals surface area contributed by atoms with Gasteiger partial charge in [0.15, 0.2) is 23.0 Å². The van der Waals surface area contributed by atoms with Gasteiger partial charge in [-0.1, -0.05) is 43.3 Å². The zero-order valence-corrected chi connectivity index (χ0v) is 19.9. The monoisotopic (exact) mass is 475 g/mol. The number of hydrogen-bond donors (Lipinski definition) is 1. The molecule has 0 spiro atoms. The number of rotatable bonds is 11. The number of Topliss-reactive ketones (excluding diaryl/α,β-unsaturated/α-hetero) is 1. The van der Waals surface area contributed by atoms with E-state index in [1.54, 1.807) is 24.3 Å². The lowest BCUT2D eigenvalue weighted by molar-refractivity contribution is -0.129. The van der Waals surface area contributed by atoms with E-state index in [0.29, 0.717) is 43.2 Å². The van der Waals surface area contributed by atoms with Crippen LogP contribution < -0.4 is 9.47 Å². The molecule has 0 saturated heterocycles. The zero-order chi connectivity index (χ0) is 24.8. The van der Waals surface area contributed by atoms with Gasteiger partial charge in [0.1, 0.15) is 0 Å². The highest BCUT2D eigenvalue weighted by Gasteiger charge is 2.44. The summed E-state index contributed by atoms with van der Waals surface area (Å²) in [5, 5.41) is 10.8. The maximum absolute atomic E-state index is 13.3. The summed E-state index contributed by atoms with van der Waals surface area (Å²) in [5.41, 5.74) is 1.67. The van der Waals surface area contributed by atoms with Crippen LogP contribution in [0.4, 0.5) is 0 Å². The Morgan fingerprint density at radius 3 is 2.51 bits per heavy atom. The Labute approximate surface area is 204 Å². The summed E-state index contributed by atoms with van der Waals surface area (Å²) in [6.07, 6.45) is 2.79. The highest BCUT2D eigenvalue weighted by atomic mass is 16.5. The summed E-state index contributed by atoms with van der Waals surface area (Å²) >= 11 is 0. The van der Waals surface area contributed by atoms with Crippen LogP contribution in [-0.2, 0) is 11.2 Å². The van der Waals surface area contributed by atoms with Gasteiger partial charge < -0.3 is 23.9 Å². The molecule has 0 aliphatic carbocycles. The van der Waals surface area contributed by atoms with Crippen LogP contribution in [0, 0.1) is 0 Å². The molecule has 7 heteroatoms. The van der Waals surface area contributed by atoms with Crippen molar-refractivity contribution in [1.82, 2.24) is 4.90 Å². The summed E-state index contributed by atoms with van der Waals surface area (Å²) in [4.78, 5) is 28.1. The predicted molar refractivity (Wildman–Crippen MR) is 131 cm³/mol. The molecule has 1 aromatic heterocycles. The molecule has 1 N–H and O–H groups in total. The molecule has 1 atom stereocenters. The highest BCUT2D eigenvalue weighted by Crippen LogP contribution is 2.42. The van der Waals surface area contributed by atoms with E-state index in [1.165, 1.54) is 17.2 Å². The first-order valence-electron chi connectivity index (χ1n) is 11.8. The van der Waals surface area contributed by atoms with Gasteiger partial charge in [0.05, 0.1) is 31.1 Å². The van der Waals surface area contributed by atoms with Crippen molar-refractivity contribution in [3.63, 3.8) is 0 Å². The third kappa shape index (κ3) is 5.09. The van der Waals surface area contributed by atoms with E-state index in [1.807, 2.05) is 44.2 Å². The van der Waals surface area contributed by atoms with E-state index in [-0.39, 0.29) is 11.3 Å². The van der Waals surface area contributed by atoms with Gasteiger partial charge in [-0.25, -0.2) is 0 Å². The second-order valence-corrected chi connectivity index (χ2v) is 8.19. The van der Waals surface area contributed by atoms with E-state index in [0.717, 1.165) is 12.0 Å². The minimum Gasteiger partial charge on any atom is -0.503 e. The van der Waals surface area contributed by atoms with Gasteiger partial charge in [-0.3, -0.25) is 9.59 Å². The van der Waals surface area contributed by atoms with Crippen molar-refractivity contribution in [3.05, 3.63) is 95.1 Å². The molecule has 2 heterocycles. The molecule has 0 bridgehead atoms. The first-order chi connectivity index (χ1) is 17.0. The molecular formula is C28H29NO6. The number of carbonyl (C=O) groups excluding carboxylic acids is 2. The van der Waals surface area contributed by atoms with Crippen LogP contribution in [0.2, 0.25) is 0 Å². The number of hydrogen-bond acceptors (Lipinski definition) is 6. The lowest BCUT2D eigenvalue weighted by atomic mass is 9.94. The number of ketones is 1. The minimum atomic E-state index is -0.803. The summed E-state index contributed by atoms with van der Waals surface area (Å²) in [7, 11) is 0. The third-order valence-corrected chi connectivity index (χ3v) is 5.82. The minimum absolute atomic E-state index is 0.0114. The SMILES string of the molecule is CCCOc1ccc(C2C(C(=O)c3ccco3)=C(O)C(=O)N2CCc2ccccc2)cc1OCC. The number of nitrogens with zero attached hydrogens (tertiary/aromatic N) is 1. The van der Waals surface area contributed by atoms with Crippen molar-refractivity contribution in [1.29, 1.82) is 0 Å². The van der Waals surface area contributed by atoms with Crippen molar-refractivity contribution in [3.8, 4) is 11.5 Å². The van der Waals surface area contributed by atoms with Gasteiger partial charge in [-0.2, -0.15) is 0 Å². The molecule has 4 rings (SSSR count). The van der Waals surface area contributed by atoms with Gasteiger partial charge in [0.25, 0.3) is 5.91 Å². The third-order valence-electron chi connectivity index (χ3n) is 5.82. The zero-order valence-electron chi connectivity index (χ0n) is 19.9. The summed E-state index contributed by atoms with van der Waals surface area (Å²) < 4.78 is 16.9. The fourth-order valence-corrected chi connectivity index (χ4v) is 4.19. The molecule has 2 aromatic carbocycles. The van der Waals surface area contributed by atoms with E-state index >= 15 is 0 Å². The van der Waals surface area contributed by atoms with Crippen molar-refractivity contribution in [2.75, 3.05) is 19.8 Å². The fraction of sp³-hybridized carbons (Fsp3) is 0.286. The molecule has 182 valence electrons. The largest absolute Gasteiger partial charge is 0.503 e. The van der Waals surface area contributed by atoms with E-state index in [2.05, 4.69) is 0 Å². The smallest absolute Gasteiger partial charge is 0.290 e. The summed E-state index contributed by atoms with van der Waals surface area (Å²) in [6.45, 7) is 5.16. The van der Waals surface area contributed by atoms with Crippen molar-refractivity contribution < 1.29 is 28.6 Å². The average molecular weight is 476 g/mol. The second-order valence-electron chi connectivity index (χ2n) is 8.19. The number of aliphatic hydroxyl groups excluding tert-OH is 1. The van der Waals surface area contributed by atoms with Gasteiger partial charge >= 0.3 is 0 Å². The van der Waals surface area contributed by atoms with E-state index in [4.69, 9.17) is 13.9 Å². The molecule has 1 unspecified atom stereocenters. The molecular weight excluding hydrogens is 446 g/mol. The first kappa shape index (κ1) is 24.1. The highest BCUT2D eigenvalue weighted by molar-refractivity contribution is 6.15. The Morgan fingerprint density at radius 2 is 1.83 bits per heavy atom. The molecule has 0 saturated carbocycles. The second kappa shape index (κ2) is 11.0. The molecule has 1 aliphatic heterocycles. The Bertz CT molecular complexity index is 1200. The molecule has 7 nitrogen and oxygen atoms in total. The maximum Gasteiger partial charge on any atom is 0.290 e. The number of benzene rings is 2. The van der Waals surface area contributed by atoms with Crippen LogP contribution >= 0.6 is 0 Å². The van der Waals surface area contributed by atoms with Crippen LogP contribution in [0.5, 0.6) is 11.5 Å². The summed E-state index contributed by atoms with van der Waals surface area (Å²) in [5.74, 6) is -0.520. The number of carbonyl (C=O) groups is 2. The van der Waals surface area contributed by atoms with Gasteiger partial charge in [0, 0.05) is 6.54 Å². The summed E-state index contributed by atoms with van der Waals surface area (Å²) in [6, 6.07) is 17.4. The fourth-order valence-electron chi connectivity index (χ4n) is 4.19. The Hall–Kier alpha value is -4.00. The Balaban J connectivity index is 1.74. The predicted octanol–water partition coefficient (Wildman–Crippen LogP) is 5.29. The van der Waals surface area contributed by atoms with E-state index < -0.39 is 23.5 Å². The van der Waals surface area contributed by atoms with Gasteiger partial charge in [0.2, 0.25) is 5.78 Å². The standard InChI is InChI=1S/C28H29NO6/c1-3-16-34-21-13-12-20(18-23(21)33-4-2)25-24(26(30)22-11-8-17-35-22)27(31)28(32)29(25)15-14-19-9-6-5-7-10-19/h5-13,17-18,25,31H,3-4,14-16H2,1-2H3. The van der Waals surface area contributed by atoms with Crippen LogP contribution in [0.25, 0.3) is 0 Å². The first-order valence-corrected chi connectivity index (χ1v) is 11.8. The Morgan fingerprint density at radius 1 is 1.03 bits per heavy atom. The number of amides is 1. The lowest BCUT2D eigenvalue weighted by Gasteiger charge is -2.27. The molecule has 0 radical (unpaired) electrons.